The highest BCUT2D eigenvalue weighted by Gasteiger charge is 2.15. The Bertz CT molecular complexity index is 516. The maximum Gasteiger partial charge on any atom is 0.306 e. The van der Waals surface area contributed by atoms with Crippen LogP contribution in [0.4, 0.5) is 10.1 Å². The summed E-state index contributed by atoms with van der Waals surface area (Å²) in [5, 5.41) is 18.8. The molecular formula is C11H8FNO4. The fraction of sp³-hybridized carbons (Fsp3) is 0.182. The third kappa shape index (κ3) is 3.57. The van der Waals surface area contributed by atoms with Crippen LogP contribution in [0.2, 0.25) is 0 Å². The van der Waals surface area contributed by atoms with Crippen molar-refractivity contribution in [1.29, 1.82) is 0 Å². The Balaban J connectivity index is 2.88. The van der Waals surface area contributed by atoms with Crippen LogP contribution >= 0.6 is 0 Å². The van der Waals surface area contributed by atoms with E-state index >= 15 is 0 Å². The monoisotopic (exact) mass is 237 g/mol. The summed E-state index contributed by atoms with van der Waals surface area (Å²) in [4.78, 5) is 19.8. The predicted octanol–water partition coefficient (Wildman–Crippen LogP) is 1.95. The van der Waals surface area contributed by atoms with Gasteiger partial charge in [-0.25, -0.2) is 0 Å². The van der Waals surface area contributed by atoms with Gasteiger partial charge >= 0.3 is 11.7 Å². The van der Waals surface area contributed by atoms with Crippen molar-refractivity contribution in [3.05, 3.63) is 39.7 Å². The van der Waals surface area contributed by atoms with Crippen LogP contribution in [0, 0.1) is 27.8 Å². The Morgan fingerprint density at radius 3 is 2.82 bits per heavy atom. The minimum absolute atomic E-state index is 0.0669. The lowest BCUT2D eigenvalue weighted by Crippen LogP contribution is -1.95. The maximum atomic E-state index is 13.4. The van der Waals surface area contributed by atoms with Crippen molar-refractivity contribution in [3.8, 4) is 11.8 Å². The zero-order valence-electron chi connectivity index (χ0n) is 8.64. The third-order valence-electron chi connectivity index (χ3n) is 1.86. The number of benzene rings is 1. The number of carbonyl (C=O) groups is 1. The molecule has 0 spiro atoms. The molecule has 1 rings (SSSR count). The van der Waals surface area contributed by atoms with E-state index in [4.69, 9.17) is 5.11 Å². The molecule has 0 atom stereocenters. The second-order valence-corrected chi connectivity index (χ2v) is 3.09. The second kappa shape index (κ2) is 5.61. The smallest absolute Gasteiger partial charge is 0.306 e. The van der Waals surface area contributed by atoms with E-state index in [0.29, 0.717) is 0 Å². The molecule has 0 saturated carbocycles. The Morgan fingerprint density at radius 1 is 1.53 bits per heavy atom. The standard InChI is InChI=1S/C11H8FNO4/c12-11-8(4-1-2-7-10(14)15)5-3-6-9(11)13(16)17/h3,5-6H,2,7H2,(H,14,15). The number of nitro benzene ring substituents is 1. The van der Waals surface area contributed by atoms with E-state index in [1.165, 1.54) is 12.1 Å². The number of carboxylic acids is 1. The largest absolute Gasteiger partial charge is 0.481 e. The Morgan fingerprint density at radius 2 is 2.24 bits per heavy atom. The minimum atomic E-state index is -1.00. The van der Waals surface area contributed by atoms with Gasteiger partial charge < -0.3 is 5.11 Å². The molecule has 17 heavy (non-hydrogen) atoms. The lowest BCUT2D eigenvalue weighted by Gasteiger charge is -1.95. The molecule has 0 fully saturated rings. The highest BCUT2D eigenvalue weighted by molar-refractivity contribution is 5.67. The van der Waals surface area contributed by atoms with Crippen molar-refractivity contribution in [2.45, 2.75) is 12.8 Å². The summed E-state index contributed by atoms with van der Waals surface area (Å²) < 4.78 is 13.4. The van der Waals surface area contributed by atoms with Crippen LogP contribution in [0.5, 0.6) is 0 Å². The summed E-state index contributed by atoms with van der Waals surface area (Å²) in [6, 6.07) is 3.66. The molecule has 1 aromatic rings. The fourth-order valence-electron chi connectivity index (χ4n) is 1.08. The van der Waals surface area contributed by atoms with Gasteiger partial charge in [0.2, 0.25) is 5.82 Å². The Hall–Kier alpha value is -2.42. The topological polar surface area (TPSA) is 80.4 Å². The predicted molar refractivity (Wildman–Crippen MR) is 56.8 cm³/mol. The highest BCUT2D eigenvalue weighted by atomic mass is 19.1. The zero-order chi connectivity index (χ0) is 12.8. The summed E-state index contributed by atoms with van der Waals surface area (Å²) in [6.45, 7) is 0. The first kappa shape index (κ1) is 12.6. The summed E-state index contributed by atoms with van der Waals surface area (Å²) in [6.07, 6.45) is -0.0823. The van der Waals surface area contributed by atoms with Gasteiger partial charge in [-0.2, -0.15) is 4.39 Å². The molecule has 1 N–H and O–H groups in total. The van der Waals surface area contributed by atoms with Crippen LogP contribution in [-0.2, 0) is 4.79 Å². The lowest BCUT2D eigenvalue weighted by molar-refractivity contribution is -0.387. The van der Waals surface area contributed by atoms with Crippen molar-refractivity contribution >= 4 is 11.7 Å². The highest BCUT2D eigenvalue weighted by Crippen LogP contribution is 2.19. The van der Waals surface area contributed by atoms with Gasteiger partial charge in [0, 0.05) is 12.5 Å². The maximum absolute atomic E-state index is 13.4. The normalized spacial score (nSPS) is 9.24. The van der Waals surface area contributed by atoms with Crippen LogP contribution < -0.4 is 0 Å². The molecule has 0 aliphatic rings. The Kier molecular flexibility index (Phi) is 4.17. The summed E-state index contributed by atoms with van der Waals surface area (Å²) in [5.74, 6) is 2.82. The number of hydrogen-bond donors (Lipinski definition) is 1. The molecule has 0 saturated heterocycles. The first-order valence-electron chi connectivity index (χ1n) is 4.66. The molecule has 5 nitrogen and oxygen atoms in total. The fourth-order valence-corrected chi connectivity index (χ4v) is 1.08. The molecular weight excluding hydrogens is 229 g/mol. The molecule has 0 aromatic heterocycles. The van der Waals surface area contributed by atoms with Crippen LogP contribution in [0.25, 0.3) is 0 Å². The van der Waals surface area contributed by atoms with Gasteiger partial charge in [-0.15, -0.1) is 0 Å². The zero-order valence-corrected chi connectivity index (χ0v) is 8.64. The first-order chi connectivity index (χ1) is 8.02. The SMILES string of the molecule is O=C(O)CCC#Cc1cccc([N+](=O)[O-])c1F. The average molecular weight is 237 g/mol. The summed E-state index contributed by atoms with van der Waals surface area (Å²) in [5.41, 5.74) is -0.750. The van der Waals surface area contributed by atoms with E-state index in [1.54, 1.807) is 0 Å². The third-order valence-corrected chi connectivity index (χ3v) is 1.86. The quantitative estimate of drug-likeness (QED) is 0.495. The van der Waals surface area contributed by atoms with Crippen LogP contribution in [-0.4, -0.2) is 16.0 Å². The van der Waals surface area contributed by atoms with Gasteiger partial charge in [-0.05, 0) is 6.07 Å². The van der Waals surface area contributed by atoms with E-state index in [2.05, 4.69) is 11.8 Å². The van der Waals surface area contributed by atoms with Crippen LogP contribution in [0.1, 0.15) is 18.4 Å². The van der Waals surface area contributed by atoms with Crippen LogP contribution in [0.15, 0.2) is 18.2 Å². The number of halogens is 1. The van der Waals surface area contributed by atoms with Crippen molar-refractivity contribution in [2.75, 3.05) is 0 Å². The number of hydrogen-bond acceptors (Lipinski definition) is 3. The van der Waals surface area contributed by atoms with Gasteiger partial charge in [0.15, 0.2) is 0 Å². The Labute approximate surface area is 96.0 Å². The number of aliphatic carboxylic acids is 1. The summed E-state index contributed by atoms with van der Waals surface area (Å²) in [7, 11) is 0. The van der Waals surface area contributed by atoms with Crippen molar-refractivity contribution in [1.82, 2.24) is 0 Å². The lowest BCUT2D eigenvalue weighted by atomic mass is 10.2. The number of carboxylic acid groups (broad SMARTS) is 1. The van der Waals surface area contributed by atoms with Crippen molar-refractivity contribution < 1.29 is 19.2 Å². The van der Waals surface area contributed by atoms with Gasteiger partial charge in [0.25, 0.3) is 0 Å². The number of rotatable bonds is 3. The van der Waals surface area contributed by atoms with E-state index in [0.717, 1.165) is 6.07 Å². The molecule has 0 radical (unpaired) electrons. The average Bonchev–Trinajstić information content (AvgIpc) is 2.25. The molecule has 0 unspecified atom stereocenters. The minimum Gasteiger partial charge on any atom is -0.481 e. The van der Waals surface area contributed by atoms with E-state index in [9.17, 15) is 19.3 Å². The number of nitrogens with zero attached hydrogens (tertiary/aromatic N) is 1. The van der Waals surface area contributed by atoms with Gasteiger partial charge in [-0.1, -0.05) is 17.9 Å². The molecule has 0 aliphatic carbocycles. The van der Waals surface area contributed by atoms with Crippen molar-refractivity contribution in [2.24, 2.45) is 0 Å². The summed E-state index contributed by atoms with van der Waals surface area (Å²) >= 11 is 0. The molecule has 1 aromatic carbocycles. The van der Waals surface area contributed by atoms with E-state index in [-0.39, 0.29) is 18.4 Å². The van der Waals surface area contributed by atoms with E-state index in [1.807, 2.05) is 0 Å². The molecule has 0 bridgehead atoms. The first-order valence-corrected chi connectivity index (χ1v) is 4.66. The molecule has 0 aliphatic heterocycles. The van der Waals surface area contributed by atoms with Gasteiger partial charge in [0.05, 0.1) is 16.9 Å². The van der Waals surface area contributed by atoms with Crippen molar-refractivity contribution in [3.63, 3.8) is 0 Å². The molecule has 0 amide bonds. The van der Waals surface area contributed by atoms with Gasteiger partial charge in [0.1, 0.15) is 0 Å². The number of nitro groups is 1. The molecule has 6 heteroatoms. The van der Waals surface area contributed by atoms with Crippen LogP contribution in [0.3, 0.4) is 0 Å². The molecule has 88 valence electrons. The van der Waals surface area contributed by atoms with E-state index < -0.39 is 22.4 Å². The van der Waals surface area contributed by atoms with Gasteiger partial charge in [-0.3, -0.25) is 14.9 Å². The molecule has 0 heterocycles. The second-order valence-electron chi connectivity index (χ2n) is 3.09.